The van der Waals surface area contributed by atoms with E-state index in [1.54, 1.807) is 27.7 Å². The molecule has 2 N–H and O–H groups in total. The molecular formula is C13H19N3O4. The predicted molar refractivity (Wildman–Crippen MR) is 73.1 cm³/mol. The molecule has 1 aromatic rings. The first-order valence-electron chi connectivity index (χ1n) is 6.29. The maximum atomic E-state index is 12.2. The van der Waals surface area contributed by atoms with Crippen molar-refractivity contribution in [2.75, 3.05) is 11.9 Å². The van der Waals surface area contributed by atoms with Crippen molar-refractivity contribution in [2.45, 2.75) is 27.7 Å². The average molecular weight is 281 g/mol. The predicted octanol–water partition coefficient (Wildman–Crippen LogP) is 0.934. The Morgan fingerprint density at radius 2 is 2.05 bits per heavy atom. The fourth-order valence-electron chi connectivity index (χ4n) is 1.69. The summed E-state index contributed by atoms with van der Waals surface area (Å²) in [6.07, 6.45) is 0. The van der Waals surface area contributed by atoms with Crippen molar-refractivity contribution >= 4 is 17.7 Å². The summed E-state index contributed by atoms with van der Waals surface area (Å²) >= 11 is 0. The van der Waals surface area contributed by atoms with Crippen molar-refractivity contribution in [1.29, 1.82) is 0 Å². The summed E-state index contributed by atoms with van der Waals surface area (Å²) in [7, 11) is 0. The number of amides is 1. The lowest BCUT2D eigenvalue weighted by Crippen LogP contribution is -2.40. The number of hydrogen-bond donors (Lipinski definition) is 2. The lowest BCUT2D eigenvalue weighted by Gasteiger charge is -2.27. The molecular weight excluding hydrogens is 262 g/mol. The normalized spacial score (nSPS) is 12.6. The van der Waals surface area contributed by atoms with Crippen molar-refractivity contribution < 1.29 is 14.3 Å². The first-order valence-corrected chi connectivity index (χ1v) is 6.29. The number of H-pyrrole nitrogens is 1. The molecule has 0 saturated carbocycles. The molecule has 1 rings (SSSR count). The molecule has 0 radical (unpaired) electrons. The van der Waals surface area contributed by atoms with E-state index < -0.39 is 23.2 Å². The van der Waals surface area contributed by atoms with E-state index in [-0.39, 0.29) is 18.0 Å². The van der Waals surface area contributed by atoms with Crippen LogP contribution in [0.15, 0.2) is 16.9 Å². The van der Waals surface area contributed by atoms with Gasteiger partial charge in [0, 0.05) is 6.07 Å². The Labute approximate surface area is 116 Å². The second-order valence-electron chi connectivity index (χ2n) is 5.35. The summed E-state index contributed by atoms with van der Waals surface area (Å²) in [5, 5.41) is 8.36. The van der Waals surface area contributed by atoms with Crippen LogP contribution >= 0.6 is 0 Å². The van der Waals surface area contributed by atoms with Crippen molar-refractivity contribution in [3.05, 3.63) is 22.5 Å². The Hall–Kier alpha value is -2.18. The van der Waals surface area contributed by atoms with Crippen molar-refractivity contribution in [3.63, 3.8) is 0 Å². The van der Waals surface area contributed by atoms with Gasteiger partial charge in [0.25, 0.3) is 5.56 Å². The number of carbonyl (C=O) groups is 2. The van der Waals surface area contributed by atoms with Crippen LogP contribution in [0.4, 0.5) is 5.82 Å². The highest BCUT2D eigenvalue weighted by Gasteiger charge is 2.39. The van der Waals surface area contributed by atoms with Crippen LogP contribution < -0.4 is 10.9 Å². The van der Waals surface area contributed by atoms with E-state index in [2.05, 4.69) is 15.5 Å². The van der Waals surface area contributed by atoms with Crippen LogP contribution in [0, 0.1) is 11.3 Å². The van der Waals surface area contributed by atoms with Gasteiger partial charge in [-0.15, -0.1) is 0 Å². The van der Waals surface area contributed by atoms with Gasteiger partial charge in [0.1, 0.15) is 5.92 Å². The van der Waals surface area contributed by atoms with Crippen LogP contribution in [0.1, 0.15) is 27.7 Å². The van der Waals surface area contributed by atoms with Crippen molar-refractivity contribution in [1.82, 2.24) is 10.2 Å². The highest BCUT2D eigenvalue weighted by atomic mass is 16.5. The molecule has 0 bridgehead atoms. The molecule has 0 aliphatic heterocycles. The van der Waals surface area contributed by atoms with Gasteiger partial charge in [-0.25, -0.2) is 5.10 Å². The number of anilines is 1. The molecule has 1 heterocycles. The molecule has 0 aliphatic carbocycles. The molecule has 0 aliphatic rings. The number of aromatic amines is 1. The standard InChI is InChI=1S/C13H19N3O4/c1-5-20-12(19)10(13(2,3)4)11(18)14-8-6-7-9(17)16-15-8/h6-7,10H,5H2,1-4H3,(H,16,17)(H,14,15,18). The fourth-order valence-corrected chi connectivity index (χ4v) is 1.69. The number of hydrogen-bond acceptors (Lipinski definition) is 5. The van der Waals surface area contributed by atoms with Crippen LogP contribution in [0.2, 0.25) is 0 Å². The minimum absolute atomic E-state index is 0.174. The summed E-state index contributed by atoms with van der Waals surface area (Å²) in [4.78, 5) is 35.0. The van der Waals surface area contributed by atoms with Crippen LogP contribution in [0.3, 0.4) is 0 Å². The van der Waals surface area contributed by atoms with E-state index in [0.717, 1.165) is 0 Å². The Morgan fingerprint density at radius 3 is 2.50 bits per heavy atom. The van der Waals surface area contributed by atoms with Crippen molar-refractivity contribution in [2.24, 2.45) is 11.3 Å². The molecule has 0 fully saturated rings. The second-order valence-corrected chi connectivity index (χ2v) is 5.35. The zero-order valence-corrected chi connectivity index (χ0v) is 12.0. The molecule has 7 heteroatoms. The molecule has 7 nitrogen and oxygen atoms in total. The van der Waals surface area contributed by atoms with Gasteiger partial charge in [-0.3, -0.25) is 14.4 Å². The van der Waals surface area contributed by atoms with Crippen LogP contribution in [0.5, 0.6) is 0 Å². The quantitative estimate of drug-likeness (QED) is 0.631. The SMILES string of the molecule is CCOC(=O)C(C(=O)Nc1ccc(=O)[nH]n1)C(C)(C)C. The summed E-state index contributed by atoms with van der Waals surface area (Å²) < 4.78 is 4.93. The maximum absolute atomic E-state index is 12.2. The van der Waals surface area contributed by atoms with E-state index in [1.807, 2.05) is 0 Å². The van der Waals surface area contributed by atoms with E-state index >= 15 is 0 Å². The van der Waals surface area contributed by atoms with Crippen LogP contribution in [-0.2, 0) is 14.3 Å². The Kier molecular flexibility index (Phi) is 5.01. The fraction of sp³-hybridized carbons (Fsp3) is 0.538. The molecule has 0 spiro atoms. The molecule has 20 heavy (non-hydrogen) atoms. The minimum Gasteiger partial charge on any atom is -0.465 e. The monoisotopic (exact) mass is 281 g/mol. The summed E-state index contributed by atoms with van der Waals surface area (Å²) in [6, 6.07) is 2.60. The van der Waals surface area contributed by atoms with E-state index in [1.165, 1.54) is 12.1 Å². The van der Waals surface area contributed by atoms with E-state index in [9.17, 15) is 14.4 Å². The van der Waals surface area contributed by atoms with Crippen LogP contribution in [-0.4, -0.2) is 28.7 Å². The highest BCUT2D eigenvalue weighted by Crippen LogP contribution is 2.28. The number of nitrogens with one attached hydrogen (secondary N) is 2. The van der Waals surface area contributed by atoms with Gasteiger partial charge in [0.05, 0.1) is 6.61 Å². The summed E-state index contributed by atoms with van der Waals surface area (Å²) in [6.45, 7) is 7.20. The van der Waals surface area contributed by atoms with Gasteiger partial charge >= 0.3 is 5.97 Å². The molecule has 0 aromatic carbocycles. The van der Waals surface area contributed by atoms with Gasteiger partial charge in [-0.2, -0.15) is 5.10 Å². The second kappa shape index (κ2) is 6.31. The number of esters is 1. The molecule has 0 saturated heterocycles. The zero-order chi connectivity index (χ0) is 15.3. The molecule has 1 atom stereocenters. The van der Waals surface area contributed by atoms with Gasteiger partial charge in [0.2, 0.25) is 5.91 Å². The third-order valence-electron chi connectivity index (χ3n) is 2.58. The van der Waals surface area contributed by atoms with E-state index in [4.69, 9.17) is 4.74 Å². The molecule has 110 valence electrons. The third kappa shape index (κ3) is 4.18. The lowest BCUT2D eigenvalue weighted by molar-refractivity contribution is -0.155. The summed E-state index contributed by atoms with van der Waals surface area (Å²) in [5.41, 5.74) is -0.973. The smallest absolute Gasteiger partial charge is 0.319 e. The zero-order valence-electron chi connectivity index (χ0n) is 12.0. The maximum Gasteiger partial charge on any atom is 0.319 e. The Balaban J connectivity index is 2.91. The number of aromatic nitrogens is 2. The number of nitrogens with zero attached hydrogens (tertiary/aromatic N) is 1. The lowest BCUT2D eigenvalue weighted by atomic mass is 9.80. The van der Waals surface area contributed by atoms with Crippen molar-refractivity contribution in [3.8, 4) is 0 Å². The van der Waals surface area contributed by atoms with Gasteiger partial charge in [-0.1, -0.05) is 20.8 Å². The first-order chi connectivity index (χ1) is 9.25. The Morgan fingerprint density at radius 1 is 1.40 bits per heavy atom. The van der Waals surface area contributed by atoms with Gasteiger partial charge in [-0.05, 0) is 18.4 Å². The van der Waals surface area contributed by atoms with Gasteiger partial charge in [0.15, 0.2) is 5.82 Å². The van der Waals surface area contributed by atoms with Gasteiger partial charge < -0.3 is 10.1 Å². The van der Waals surface area contributed by atoms with E-state index in [0.29, 0.717) is 0 Å². The number of rotatable bonds is 4. The minimum atomic E-state index is -0.962. The summed E-state index contributed by atoms with van der Waals surface area (Å²) in [5.74, 6) is -1.89. The first kappa shape index (κ1) is 15.9. The third-order valence-corrected chi connectivity index (χ3v) is 2.58. The topological polar surface area (TPSA) is 101 Å². The highest BCUT2D eigenvalue weighted by molar-refractivity contribution is 6.05. The Bertz CT molecular complexity index is 525. The number of carbonyl (C=O) groups excluding carboxylic acids is 2. The molecule has 1 aromatic heterocycles. The molecule has 1 amide bonds. The molecule has 1 unspecified atom stereocenters. The number of ether oxygens (including phenoxy) is 1. The van der Waals surface area contributed by atoms with Crippen LogP contribution in [0.25, 0.3) is 0 Å². The largest absolute Gasteiger partial charge is 0.465 e. The average Bonchev–Trinajstić information content (AvgIpc) is 2.30.